The summed E-state index contributed by atoms with van der Waals surface area (Å²) in [6.07, 6.45) is 3.22. The molecule has 200 valence electrons. The van der Waals surface area contributed by atoms with Gasteiger partial charge in [-0.2, -0.15) is 0 Å². The summed E-state index contributed by atoms with van der Waals surface area (Å²) in [4.78, 5) is 27.8. The fourth-order valence-corrected chi connectivity index (χ4v) is 5.70. The highest BCUT2D eigenvalue weighted by molar-refractivity contribution is 14.1. The zero-order valence-corrected chi connectivity index (χ0v) is 22.8. The molecular weight excluding hydrogens is 583 g/mol. The Morgan fingerprint density at radius 3 is 2.53 bits per heavy atom. The molecule has 11 heteroatoms. The van der Waals surface area contributed by atoms with E-state index in [1.807, 2.05) is 0 Å². The minimum Gasteiger partial charge on any atom is -0.493 e. The minimum atomic E-state index is -1.13. The van der Waals surface area contributed by atoms with Crippen LogP contribution in [0.5, 0.6) is 11.5 Å². The lowest BCUT2D eigenvalue weighted by Crippen LogP contribution is -2.58. The topological polar surface area (TPSA) is 138 Å². The Morgan fingerprint density at radius 1 is 1.19 bits per heavy atom. The molecule has 3 atom stereocenters. The molecule has 0 aromatic heterocycles. The number of halogens is 1. The van der Waals surface area contributed by atoms with E-state index in [1.54, 1.807) is 23.1 Å². The molecule has 0 radical (unpaired) electrons. The quantitative estimate of drug-likeness (QED) is 0.271. The summed E-state index contributed by atoms with van der Waals surface area (Å²) in [6.45, 7) is -0.431. The number of ether oxygens (including phenoxy) is 3. The number of carbonyl (C=O) groups excluding carboxylic acids is 2. The second kappa shape index (κ2) is 13.6. The van der Waals surface area contributed by atoms with Gasteiger partial charge in [-0.1, -0.05) is 12.8 Å². The van der Waals surface area contributed by atoms with E-state index in [4.69, 9.17) is 19.3 Å². The first-order valence-corrected chi connectivity index (χ1v) is 13.1. The van der Waals surface area contributed by atoms with E-state index in [2.05, 4.69) is 27.9 Å². The molecule has 0 bridgehead atoms. The van der Waals surface area contributed by atoms with Gasteiger partial charge in [-0.25, -0.2) is 0 Å². The number of amides is 2. The van der Waals surface area contributed by atoms with Crippen molar-refractivity contribution in [3.63, 3.8) is 0 Å². The van der Waals surface area contributed by atoms with Gasteiger partial charge in [-0.15, -0.1) is 0 Å². The molecule has 2 aliphatic rings. The van der Waals surface area contributed by atoms with Gasteiger partial charge in [-0.3, -0.25) is 9.59 Å². The molecule has 1 aromatic rings. The third-order valence-corrected chi connectivity index (χ3v) is 7.37. The Morgan fingerprint density at radius 2 is 1.92 bits per heavy atom. The van der Waals surface area contributed by atoms with Crippen LogP contribution in [0, 0.1) is 3.57 Å². The second-order valence-electron chi connectivity index (χ2n) is 8.96. The summed E-state index contributed by atoms with van der Waals surface area (Å²) in [5, 5.41) is 32.9. The van der Waals surface area contributed by atoms with E-state index >= 15 is 0 Å². The molecule has 0 unspecified atom stereocenters. The van der Waals surface area contributed by atoms with E-state index in [-0.39, 0.29) is 44.7 Å². The first kappa shape index (κ1) is 28.6. The van der Waals surface area contributed by atoms with Crippen molar-refractivity contribution in [1.29, 1.82) is 0 Å². The lowest BCUT2D eigenvalue weighted by molar-refractivity contribution is -0.145. The van der Waals surface area contributed by atoms with Crippen LogP contribution in [-0.4, -0.2) is 90.3 Å². The summed E-state index contributed by atoms with van der Waals surface area (Å²) in [6, 6.07) is 2.62. The van der Waals surface area contributed by atoms with Gasteiger partial charge in [0.15, 0.2) is 11.5 Å². The number of rotatable bonds is 11. The van der Waals surface area contributed by atoms with Crippen LogP contribution in [0.4, 0.5) is 0 Å². The maximum Gasteiger partial charge on any atom is 0.249 e. The van der Waals surface area contributed by atoms with Crippen LogP contribution in [0.25, 0.3) is 0 Å². The van der Waals surface area contributed by atoms with E-state index in [0.717, 1.165) is 25.7 Å². The highest BCUT2D eigenvalue weighted by Crippen LogP contribution is 2.38. The van der Waals surface area contributed by atoms with E-state index in [0.29, 0.717) is 26.2 Å². The Labute approximate surface area is 224 Å². The number of benzene rings is 1. The lowest BCUT2D eigenvalue weighted by Gasteiger charge is -2.43. The third kappa shape index (κ3) is 6.68. The van der Waals surface area contributed by atoms with E-state index in [1.165, 1.54) is 14.2 Å². The normalized spacial score (nSPS) is 22.2. The molecule has 0 heterocycles. The number of aliphatic hydroxyl groups is 3. The SMILES string of the molecule is COCC(=O)N(C1CCCC1)[C@@H]1CC(C(=O)NCCO)=C[C@H](Oc2c(I)cc(CO)cc2OC)[C@H]1O. The van der Waals surface area contributed by atoms with Gasteiger partial charge < -0.3 is 39.7 Å². The summed E-state index contributed by atoms with van der Waals surface area (Å²) >= 11 is 2.06. The molecule has 1 saturated carbocycles. The van der Waals surface area contributed by atoms with E-state index < -0.39 is 24.2 Å². The van der Waals surface area contributed by atoms with Crippen LogP contribution < -0.4 is 14.8 Å². The van der Waals surface area contributed by atoms with Gasteiger partial charge in [0.25, 0.3) is 0 Å². The second-order valence-corrected chi connectivity index (χ2v) is 10.1. The Hall–Kier alpha value is -1.93. The van der Waals surface area contributed by atoms with Crippen molar-refractivity contribution in [2.45, 2.75) is 63.0 Å². The molecule has 0 saturated heterocycles. The van der Waals surface area contributed by atoms with Crippen molar-refractivity contribution in [2.24, 2.45) is 0 Å². The molecule has 0 spiro atoms. The third-order valence-electron chi connectivity index (χ3n) is 6.57. The maximum absolute atomic E-state index is 13.2. The fourth-order valence-electron chi connectivity index (χ4n) is 4.90. The number of hydrogen-bond acceptors (Lipinski definition) is 8. The number of nitrogens with zero attached hydrogens (tertiary/aromatic N) is 1. The van der Waals surface area contributed by atoms with Gasteiger partial charge in [0, 0.05) is 31.7 Å². The number of carbonyl (C=O) groups is 2. The van der Waals surface area contributed by atoms with Crippen molar-refractivity contribution >= 4 is 34.4 Å². The smallest absolute Gasteiger partial charge is 0.249 e. The zero-order valence-electron chi connectivity index (χ0n) is 20.6. The average molecular weight is 618 g/mol. The summed E-state index contributed by atoms with van der Waals surface area (Å²) < 4.78 is 17.5. The van der Waals surface area contributed by atoms with Crippen LogP contribution in [-0.2, 0) is 20.9 Å². The largest absolute Gasteiger partial charge is 0.493 e. The van der Waals surface area contributed by atoms with Gasteiger partial charge >= 0.3 is 0 Å². The van der Waals surface area contributed by atoms with Gasteiger partial charge in [-0.05, 0) is 59.2 Å². The summed E-state index contributed by atoms with van der Waals surface area (Å²) in [5.74, 6) is 0.103. The highest BCUT2D eigenvalue weighted by Gasteiger charge is 2.43. The molecule has 1 fully saturated rings. The molecule has 4 N–H and O–H groups in total. The molecule has 3 rings (SSSR count). The van der Waals surface area contributed by atoms with Crippen molar-refractivity contribution in [3.8, 4) is 11.5 Å². The van der Waals surface area contributed by atoms with Crippen LogP contribution in [0.15, 0.2) is 23.8 Å². The standard InChI is InChI=1S/C25H35IN2O8/c1-34-14-22(31)28(17-5-3-4-6-17)19-11-16(25(33)27-7-8-29)12-20(23(19)32)36-24-18(26)9-15(13-30)10-21(24)35-2/h9-10,12,17,19-20,23,29-30,32H,3-8,11,13-14H2,1-2H3,(H,27,33)/t19-,20+,23+/m1/s1. The van der Waals surface area contributed by atoms with Crippen molar-refractivity contribution < 1.29 is 39.1 Å². The van der Waals surface area contributed by atoms with E-state index in [9.17, 15) is 19.8 Å². The summed E-state index contributed by atoms with van der Waals surface area (Å²) in [7, 11) is 2.93. The van der Waals surface area contributed by atoms with Crippen LogP contribution in [0.3, 0.4) is 0 Å². The van der Waals surface area contributed by atoms with Crippen LogP contribution in [0.2, 0.25) is 0 Å². The predicted octanol–water partition coefficient (Wildman–Crippen LogP) is 1.13. The monoisotopic (exact) mass is 618 g/mol. The number of nitrogens with one attached hydrogen (secondary N) is 1. The number of hydrogen-bond donors (Lipinski definition) is 4. The van der Waals surface area contributed by atoms with Gasteiger partial charge in [0.05, 0.1) is 29.9 Å². The highest BCUT2D eigenvalue weighted by atomic mass is 127. The Kier molecular flexibility index (Phi) is 10.8. The average Bonchev–Trinajstić information content (AvgIpc) is 3.40. The number of methoxy groups -OCH3 is 2. The fraction of sp³-hybridized carbons (Fsp3) is 0.600. The Bertz CT molecular complexity index is 950. The Balaban J connectivity index is 2.00. The van der Waals surface area contributed by atoms with Crippen LogP contribution >= 0.6 is 22.6 Å². The number of aliphatic hydroxyl groups excluding tert-OH is 3. The predicted molar refractivity (Wildman–Crippen MR) is 140 cm³/mol. The van der Waals surface area contributed by atoms with Crippen LogP contribution in [0.1, 0.15) is 37.7 Å². The lowest BCUT2D eigenvalue weighted by atomic mass is 9.87. The van der Waals surface area contributed by atoms with Crippen molar-refractivity contribution in [3.05, 3.63) is 32.9 Å². The molecule has 10 nitrogen and oxygen atoms in total. The van der Waals surface area contributed by atoms with Crippen molar-refractivity contribution in [1.82, 2.24) is 10.2 Å². The van der Waals surface area contributed by atoms with Crippen molar-refractivity contribution in [2.75, 3.05) is 34.0 Å². The van der Waals surface area contributed by atoms with Gasteiger partial charge in [0.2, 0.25) is 11.8 Å². The molecular formula is C25H35IN2O8. The first-order chi connectivity index (χ1) is 17.3. The summed E-state index contributed by atoms with van der Waals surface area (Å²) in [5.41, 5.74) is 1.00. The minimum absolute atomic E-state index is 0.0636. The maximum atomic E-state index is 13.2. The molecule has 2 aliphatic carbocycles. The molecule has 0 aliphatic heterocycles. The molecule has 36 heavy (non-hydrogen) atoms. The zero-order chi connectivity index (χ0) is 26.2. The molecule has 2 amide bonds. The van der Waals surface area contributed by atoms with Gasteiger partial charge in [0.1, 0.15) is 18.8 Å². The molecule has 1 aromatic carbocycles. The first-order valence-electron chi connectivity index (χ1n) is 12.1.